The maximum absolute atomic E-state index is 11.8. The van der Waals surface area contributed by atoms with Crippen molar-refractivity contribution in [2.24, 2.45) is 5.73 Å². The Kier molecular flexibility index (Phi) is 6.23. The molecule has 5 nitrogen and oxygen atoms in total. The maximum Gasteiger partial charge on any atom is 0.411 e. The highest BCUT2D eigenvalue weighted by Gasteiger charge is 2.27. The summed E-state index contributed by atoms with van der Waals surface area (Å²) in [6, 6.07) is 0.123. The van der Waals surface area contributed by atoms with Crippen molar-refractivity contribution >= 4 is 0 Å². The standard InChI is InChI=1S/C11H18F3N3O2/c1-8(15)3-2-4-10-16-9(17-19-10)5-6-18-7-11(12,13)14/h8H,2-7,15H2,1H3. The Morgan fingerprint density at radius 1 is 1.37 bits per heavy atom. The van der Waals surface area contributed by atoms with Gasteiger partial charge in [-0.05, 0) is 19.8 Å². The Balaban J connectivity index is 2.19. The number of halogens is 3. The number of nitrogens with zero attached hydrogens (tertiary/aromatic N) is 2. The number of nitrogens with two attached hydrogens (primary N) is 1. The van der Waals surface area contributed by atoms with Crippen LogP contribution in [0, 0.1) is 0 Å². The van der Waals surface area contributed by atoms with Gasteiger partial charge >= 0.3 is 6.18 Å². The molecule has 2 N–H and O–H groups in total. The second-order valence-electron chi connectivity index (χ2n) is 4.39. The van der Waals surface area contributed by atoms with Crippen LogP contribution in [-0.4, -0.2) is 35.6 Å². The van der Waals surface area contributed by atoms with Crippen molar-refractivity contribution < 1.29 is 22.4 Å². The number of ether oxygens (including phenoxy) is 1. The summed E-state index contributed by atoms with van der Waals surface area (Å²) < 4.78 is 44.8. The smallest absolute Gasteiger partial charge is 0.372 e. The van der Waals surface area contributed by atoms with Crippen LogP contribution in [0.15, 0.2) is 4.52 Å². The van der Waals surface area contributed by atoms with Gasteiger partial charge in [0, 0.05) is 18.9 Å². The average Bonchev–Trinajstić information content (AvgIpc) is 2.71. The monoisotopic (exact) mass is 281 g/mol. The molecule has 0 amide bonds. The summed E-state index contributed by atoms with van der Waals surface area (Å²) in [6.45, 7) is 0.571. The van der Waals surface area contributed by atoms with Crippen LogP contribution in [-0.2, 0) is 17.6 Å². The molecule has 0 aliphatic heterocycles. The molecule has 8 heteroatoms. The summed E-state index contributed by atoms with van der Waals surface area (Å²) in [7, 11) is 0. The number of alkyl halides is 3. The van der Waals surface area contributed by atoms with Gasteiger partial charge in [0.15, 0.2) is 5.82 Å². The van der Waals surface area contributed by atoms with E-state index in [2.05, 4.69) is 14.9 Å². The van der Waals surface area contributed by atoms with Gasteiger partial charge in [0.25, 0.3) is 0 Å². The molecule has 0 saturated heterocycles. The van der Waals surface area contributed by atoms with Crippen molar-refractivity contribution in [2.45, 2.75) is 44.8 Å². The van der Waals surface area contributed by atoms with E-state index in [-0.39, 0.29) is 19.1 Å². The Bertz CT molecular complexity index is 366. The summed E-state index contributed by atoms with van der Waals surface area (Å²) in [6.07, 6.45) is -1.79. The van der Waals surface area contributed by atoms with Crippen molar-refractivity contribution in [3.8, 4) is 0 Å². The Morgan fingerprint density at radius 3 is 2.74 bits per heavy atom. The van der Waals surface area contributed by atoms with E-state index in [9.17, 15) is 13.2 Å². The summed E-state index contributed by atoms with van der Waals surface area (Å²) in [5.74, 6) is 0.837. The average molecular weight is 281 g/mol. The van der Waals surface area contributed by atoms with Crippen LogP contribution in [0.3, 0.4) is 0 Å². The van der Waals surface area contributed by atoms with Crippen molar-refractivity contribution in [3.63, 3.8) is 0 Å². The molecule has 1 aromatic rings. The highest BCUT2D eigenvalue weighted by Crippen LogP contribution is 2.14. The van der Waals surface area contributed by atoms with Crippen LogP contribution in [0.5, 0.6) is 0 Å². The first-order chi connectivity index (χ1) is 8.87. The largest absolute Gasteiger partial charge is 0.411 e. The lowest BCUT2D eigenvalue weighted by atomic mass is 10.1. The molecule has 1 aromatic heterocycles. The van der Waals surface area contributed by atoms with E-state index in [1.165, 1.54) is 0 Å². The minimum Gasteiger partial charge on any atom is -0.372 e. The van der Waals surface area contributed by atoms with Crippen LogP contribution in [0.2, 0.25) is 0 Å². The first-order valence-electron chi connectivity index (χ1n) is 6.08. The van der Waals surface area contributed by atoms with Gasteiger partial charge in [-0.3, -0.25) is 0 Å². The predicted molar refractivity (Wildman–Crippen MR) is 61.5 cm³/mol. The fourth-order valence-corrected chi connectivity index (χ4v) is 1.42. The predicted octanol–water partition coefficient (Wildman–Crippen LogP) is 1.86. The van der Waals surface area contributed by atoms with Crippen LogP contribution in [0.1, 0.15) is 31.5 Å². The molecule has 110 valence electrons. The molecule has 0 fully saturated rings. The first kappa shape index (κ1) is 15.9. The topological polar surface area (TPSA) is 74.2 Å². The molecular formula is C11H18F3N3O2. The summed E-state index contributed by atoms with van der Waals surface area (Å²) in [5, 5.41) is 3.67. The molecule has 0 spiro atoms. The normalized spacial score (nSPS) is 13.7. The fraction of sp³-hybridized carbons (Fsp3) is 0.818. The van der Waals surface area contributed by atoms with E-state index in [1.807, 2.05) is 6.92 Å². The van der Waals surface area contributed by atoms with E-state index in [0.717, 1.165) is 12.8 Å². The molecule has 0 saturated carbocycles. The summed E-state index contributed by atoms with van der Waals surface area (Å²) in [5.41, 5.74) is 5.60. The van der Waals surface area contributed by atoms with Gasteiger partial charge in [0.1, 0.15) is 6.61 Å². The van der Waals surface area contributed by atoms with E-state index in [0.29, 0.717) is 18.1 Å². The van der Waals surface area contributed by atoms with Crippen molar-refractivity contribution in [3.05, 3.63) is 11.7 Å². The molecule has 0 aliphatic rings. The van der Waals surface area contributed by atoms with E-state index >= 15 is 0 Å². The maximum atomic E-state index is 11.8. The molecule has 0 radical (unpaired) electrons. The number of rotatable bonds is 8. The third-order valence-electron chi connectivity index (χ3n) is 2.30. The zero-order valence-corrected chi connectivity index (χ0v) is 10.7. The Hall–Kier alpha value is -1.15. The molecule has 0 aromatic carbocycles. The van der Waals surface area contributed by atoms with Gasteiger partial charge in [0.2, 0.25) is 5.89 Å². The number of hydrogen-bond acceptors (Lipinski definition) is 5. The van der Waals surface area contributed by atoms with Gasteiger partial charge in [-0.1, -0.05) is 5.16 Å². The Labute approximate surface area is 109 Å². The Morgan fingerprint density at radius 2 is 2.11 bits per heavy atom. The first-order valence-corrected chi connectivity index (χ1v) is 6.08. The molecular weight excluding hydrogens is 263 g/mol. The van der Waals surface area contributed by atoms with Gasteiger partial charge < -0.3 is 15.0 Å². The zero-order valence-electron chi connectivity index (χ0n) is 10.7. The quantitative estimate of drug-likeness (QED) is 0.736. The van der Waals surface area contributed by atoms with Crippen molar-refractivity contribution in [1.82, 2.24) is 10.1 Å². The van der Waals surface area contributed by atoms with Gasteiger partial charge in [-0.15, -0.1) is 0 Å². The van der Waals surface area contributed by atoms with Crippen LogP contribution in [0.4, 0.5) is 13.2 Å². The lowest BCUT2D eigenvalue weighted by Gasteiger charge is -2.05. The van der Waals surface area contributed by atoms with Crippen LogP contribution >= 0.6 is 0 Å². The minimum absolute atomic E-state index is 0.0850. The highest BCUT2D eigenvalue weighted by atomic mass is 19.4. The zero-order chi connectivity index (χ0) is 14.3. The second kappa shape index (κ2) is 7.44. The summed E-state index contributed by atoms with van der Waals surface area (Å²) in [4.78, 5) is 4.06. The highest BCUT2D eigenvalue weighted by molar-refractivity contribution is 4.86. The van der Waals surface area contributed by atoms with Gasteiger partial charge in [0.05, 0.1) is 6.61 Å². The van der Waals surface area contributed by atoms with Gasteiger partial charge in [-0.2, -0.15) is 18.2 Å². The van der Waals surface area contributed by atoms with Crippen LogP contribution < -0.4 is 5.73 Å². The molecule has 1 atom stereocenters. The van der Waals surface area contributed by atoms with E-state index < -0.39 is 12.8 Å². The van der Waals surface area contributed by atoms with E-state index in [4.69, 9.17) is 10.3 Å². The minimum atomic E-state index is -4.30. The lowest BCUT2D eigenvalue weighted by molar-refractivity contribution is -0.173. The van der Waals surface area contributed by atoms with Crippen molar-refractivity contribution in [2.75, 3.05) is 13.2 Å². The fourth-order valence-electron chi connectivity index (χ4n) is 1.42. The third kappa shape index (κ3) is 7.78. The van der Waals surface area contributed by atoms with E-state index in [1.54, 1.807) is 0 Å². The molecule has 0 bridgehead atoms. The molecule has 1 rings (SSSR count). The lowest BCUT2D eigenvalue weighted by Crippen LogP contribution is -2.18. The molecule has 1 heterocycles. The van der Waals surface area contributed by atoms with Gasteiger partial charge in [-0.25, -0.2) is 0 Å². The number of aryl methyl sites for hydroxylation is 1. The summed E-state index contributed by atoms with van der Waals surface area (Å²) >= 11 is 0. The van der Waals surface area contributed by atoms with Crippen molar-refractivity contribution in [1.29, 1.82) is 0 Å². The SMILES string of the molecule is CC(N)CCCc1nc(CCOCC(F)(F)F)no1. The molecule has 19 heavy (non-hydrogen) atoms. The third-order valence-corrected chi connectivity index (χ3v) is 2.30. The molecule has 1 unspecified atom stereocenters. The number of aromatic nitrogens is 2. The number of hydrogen-bond donors (Lipinski definition) is 1. The van der Waals surface area contributed by atoms with Crippen LogP contribution in [0.25, 0.3) is 0 Å². The molecule has 0 aliphatic carbocycles. The second-order valence-corrected chi connectivity index (χ2v) is 4.39.